The predicted octanol–water partition coefficient (Wildman–Crippen LogP) is 5.97. The molecule has 172 valence electrons. The number of nitrogens with one attached hydrogen (secondary N) is 2. The molecule has 33 heavy (non-hydrogen) atoms. The zero-order valence-corrected chi connectivity index (χ0v) is 20.0. The van der Waals surface area contributed by atoms with Crippen molar-refractivity contribution in [2.75, 3.05) is 17.3 Å². The van der Waals surface area contributed by atoms with E-state index in [0.29, 0.717) is 16.9 Å². The molecule has 4 N–H and O–H groups in total. The largest absolute Gasteiger partial charge is 0.439 e. The van der Waals surface area contributed by atoms with Crippen molar-refractivity contribution in [1.29, 1.82) is 0 Å². The van der Waals surface area contributed by atoms with Crippen LogP contribution in [-0.4, -0.2) is 18.3 Å². The van der Waals surface area contributed by atoms with E-state index in [-0.39, 0.29) is 11.9 Å². The van der Waals surface area contributed by atoms with E-state index in [1.807, 2.05) is 63.4 Å². The number of nitrogen functional groups attached to an aromatic ring is 1. The summed E-state index contributed by atoms with van der Waals surface area (Å²) in [5.74, 6) is -0.256. The van der Waals surface area contributed by atoms with Crippen molar-refractivity contribution >= 4 is 35.1 Å². The third-order valence-electron chi connectivity index (χ3n) is 5.35. The Bertz CT molecular complexity index is 1110. The zero-order valence-electron chi connectivity index (χ0n) is 19.2. The summed E-state index contributed by atoms with van der Waals surface area (Å²) >= 11 is 1.66. The minimum absolute atomic E-state index is 0.256. The summed E-state index contributed by atoms with van der Waals surface area (Å²) in [5, 5.41) is 5.66. The lowest BCUT2D eigenvalue weighted by Gasteiger charge is -2.27. The Balaban J connectivity index is 1.59. The summed E-state index contributed by atoms with van der Waals surface area (Å²) in [4.78, 5) is 26.2. The first kappa shape index (κ1) is 24.2. The van der Waals surface area contributed by atoms with E-state index in [1.54, 1.807) is 48.2 Å². The molecule has 0 fully saturated rings. The molecule has 0 aliphatic rings. The second-order valence-corrected chi connectivity index (χ2v) is 9.04. The number of para-hydroxylation sites is 2. The van der Waals surface area contributed by atoms with Crippen LogP contribution in [0.25, 0.3) is 0 Å². The smallest absolute Gasteiger partial charge is 0.408 e. The van der Waals surface area contributed by atoms with Crippen molar-refractivity contribution in [2.45, 2.75) is 37.3 Å². The van der Waals surface area contributed by atoms with Gasteiger partial charge in [-0.25, -0.2) is 4.79 Å². The van der Waals surface area contributed by atoms with Crippen LogP contribution in [0.3, 0.4) is 0 Å². The molecule has 7 heteroatoms. The number of nitrogens with two attached hydrogens (primary N) is 1. The topological polar surface area (TPSA) is 93.4 Å². The second kappa shape index (κ2) is 10.4. The molecule has 0 aliphatic carbocycles. The molecular weight excluding hydrogens is 434 g/mol. The highest BCUT2D eigenvalue weighted by Gasteiger charge is 2.26. The SMILES string of the molecule is CSc1ccc(C(C)(C)OC(=O)N[C@H](C)c2ccc(C(=O)Nc3ccccc3N)cc2)cc1. The van der Waals surface area contributed by atoms with Crippen LogP contribution in [0.1, 0.15) is 48.3 Å². The monoisotopic (exact) mass is 463 g/mol. The first-order valence-corrected chi connectivity index (χ1v) is 11.8. The lowest BCUT2D eigenvalue weighted by molar-refractivity contribution is 0.0346. The molecule has 1 atom stereocenters. The van der Waals surface area contributed by atoms with Gasteiger partial charge in [-0.1, -0.05) is 36.4 Å². The molecule has 0 radical (unpaired) electrons. The standard InChI is InChI=1S/C26H29N3O3S/c1-17(28-25(31)32-26(2,3)20-13-15-21(33-4)16-14-20)18-9-11-19(12-10-18)24(30)29-23-8-6-5-7-22(23)27/h5-17H,27H2,1-4H3,(H,28,31)(H,29,30)/t17-/m1/s1. The van der Waals surface area contributed by atoms with Gasteiger partial charge in [-0.3, -0.25) is 4.79 Å². The Labute approximate surface area is 198 Å². The normalized spacial score (nSPS) is 12.0. The number of hydrogen-bond donors (Lipinski definition) is 3. The van der Waals surface area contributed by atoms with Gasteiger partial charge in [0.25, 0.3) is 5.91 Å². The van der Waals surface area contributed by atoms with Crippen LogP contribution < -0.4 is 16.4 Å². The maximum Gasteiger partial charge on any atom is 0.408 e. The first-order chi connectivity index (χ1) is 15.7. The Hall–Kier alpha value is -3.45. The maximum absolute atomic E-state index is 12.5. The molecule has 0 heterocycles. The van der Waals surface area contributed by atoms with Crippen molar-refractivity contribution in [3.8, 4) is 0 Å². The number of anilines is 2. The van der Waals surface area contributed by atoms with Gasteiger partial charge in [0.05, 0.1) is 17.4 Å². The van der Waals surface area contributed by atoms with Gasteiger partial charge in [0.1, 0.15) is 5.60 Å². The van der Waals surface area contributed by atoms with Crippen LogP contribution in [-0.2, 0) is 10.3 Å². The van der Waals surface area contributed by atoms with Gasteiger partial charge in [-0.05, 0) is 74.6 Å². The number of thioether (sulfide) groups is 1. The minimum atomic E-state index is -0.776. The summed E-state index contributed by atoms with van der Waals surface area (Å²) in [6, 6.07) is 21.8. The van der Waals surface area contributed by atoms with E-state index in [4.69, 9.17) is 10.5 Å². The fourth-order valence-electron chi connectivity index (χ4n) is 3.30. The molecule has 0 spiro atoms. The third-order valence-corrected chi connectivity index (χ3v) is 6.09. The van der Waals surface area contributed by atoms with Crippen LogP contribution in [0.5, 0.6) is 0 Å². The molecule has 0 aromatic heterocycles. The Morgan fingerprint density at radius 2 is 1.61 bits per heavy atom. The lowest BCUT2D eigenvalue weighted by atomic mass is 9.98. The molecule has 3 aromatic rings. The number of benzene rings is 3. The Kier molecular flexibility index (Phi) is 7.66. The van der Waals surface area contributed by atoms with Gasteiger partial charge in [0.2, 0.25) is 0 Å². The highest BCUT2D eigenvalue weighted by Crippen LogP contribution is 2.27. The predicted molar refractivity (Wildman–Crippen MR) is 135 cm³/mol. The van der Waals surface area contributed by atoms with Gasteiger partial charge in [0.15, 0.2) is 0 Å². The number of ether oxygens (including phenoxy) is 1. The van der Waals surface area contributed by atoms with E-state index in [2.05, 4.69) is 10.6 Å². The van der Waals surface area contributed by atoms with Gasteiger partial charge < -0.3 is 21.1 Å². The second-order valence-electron chi connectivity index (χ2n) is 8.16. The molecule has 0 bridgehead atoms. The molecule has 3 rings (SSSR count). The van der Waals surface area contributed by atoms with Crippen LogP contribution in [0.15, 0.2) is 77.7 Å². The number of amides is 2. The molecule has 0 unspecified atom stereocenters. The quantitative estimate of drug-likeness (QED) is 0.297. The average molecular weight is 464 g/mol. The molecule has 0 saturated carbocycles. The highest BCUT2D eigenvalue weighted by molar-refractivity contribution is 7.98. The van der Waals surface area contributed by atoms with Gasteiger partial charge >= 0.3 is 6.09 Å². The lowest BCUT2D eigenvalue weighted by Crippen LogP contribution is -2.34. The number of carbonyl (C=O) groups excluding carboxylic acids is 2. The van der Waals surface area contributed by atoms with E-state index >= 15 is 0 Å². The molecule has 2 amide bonds. The molecular formula is C26H29N3O3S. The molecule has 0 aliphatic heterocycles. The van der Waals surface area contributed by atoms with E-state index in [0.717, 1.165) is 16.0 Å². The van der Waals surface area contributed by atoms with Crippen LogP contribution in [0.4, 0.5) is 16.2 Å². The van der Waals surface area contributed by atoms with E-state index < -0.39 is 11.7 Å². The fourth-order valence-corrected chi connectivity index (χ4v) is 3.71. The summed E-state index contributed by atoms with van der Waals surface area (Å²) in [7, 11) is 0. The Morgan fingerprint density at radius 1 is 0.970 bits per heavy atom. The maximum atomic E-state index is 12.5. The van der Waals surface area contributed by atoms with Gasteiger partial charge in [-0.2, -0.15) is 0 Å². The van der Waals surface area contributed by atoms with Crippen molar-refractivity contribution in [3.05, 3.63) is 89.5 Å². The molecule has 6 nitrogen and oxygen atoms in total. The summed E-state index contributed by atoms with van der Waals surface area (Å²) in [6.45, 7) is 5.58. The van der Waals surface area contributed by atoms with Crippen molar-refractivity contribution < 1.29 is 14.3 Å². The average Bonchev–Trinajstić information content (AvgIpc) is 2.80. The summed E-state index contributed by atoms with van der Waals surface area (Å²) in [5.41, 5.74) is 8.43. The van der Waals surface area contributed by atoms with E-state index in [9.17, 15) is 9.59 Å². The first-order valence-electron chi connectivity index (χ1n) is 10.6. The minimum Gasteiger partial charge on any atom is -0.439 e. The van der Waals surface area contributed by atoms with E-state index in [1.165, 1.54) is 0 Å². The Morgan fingerprint density at radius 3 is 2.21 bits per heavy atom. The fraction of sp³-hybridized carbons (Fsp3) is 0.231. The van der Waals surface area contributed by atoms with Crippen molar-refractivity contribution in [1.82, 2.24) is 5.32 Å². The summed E-state index contributed by atoms with van der Waals surface area (Å²) < 4.78 is 5.70. The number of carbonyl (C=O) groups is 2. The number of hydrogen-bond acceptors (Lipinski definition) is 5. The zero-order chi connectivity index (χ0) is 24.0. The highest BCUT2D eigenvalue weighted by atomic mass is 32.2. The van der Waals surface area contributed by atoms with Crippen molar-refractivity contribution in [3.63, 3.8) is 0 Å². The van der Waals surface area contributed by atoms with Gasteiger partial charge in [0, 0.05) is 10.5 Å². The van der Waals surface area contributed by atoms with Crippen LogP contribution in [0, 0.1) is 0 Å². The number of rotatable bonds is 7. The van der Waals surface area contributed by atoms with Crippen molar-refractivity contribution in [2.24, 2.45) is 0 Å². The van der Waals surface area contributed by atoms with Crippen LogP contribution in [0.2, 0.25) is 0 Å². The molecule has 3 aromatic carbocycles. The third kappa shape index (κ3) is 6.29. The molecule has 0 saturated heterocycles. The number of alkyl carbamates (subject to hydrolysis) is 1. The van der Waals surface area contributed by atoms with Crippen LogP contribution >= 0.6 is 11.8 Å². The van der Waals surface area contributed by atoms with Gasteiger partial charge in [-0.15, -0.1) is 11.8 Å². The summed E-state index contributed by atoms with van der Waals surface area (Å²) in [6.07, 6.45) is 1.51.